The van der Waals surface area contributed by atoms with Crippen molar-refractivity contribution < 1.29 is 23.8 Å². The summed E-state index contributed by atoms with van der Waals surface area (Å²) < 4.78 is 17.6. The Balaban J connectivity index is 2.26. The summed E-state index contributed by atoms with van der Waals surface area (Å²) in [4.78, 5) is 12.6. The second-order valence-electron chi connectivity index (χ2n) is 8.25. The van der Waals surface area contributed by atoms with Crippen LogP contribution in [0.2, 0.25) is 18.1 Å². The Bertz CT molecular complexity index is 616. The van der Waals surface area contributed by atoms with Crippen LogP contribution in [-0.2, 0) is 13.9 Å². The minimum absolute atomic E-state index is 0.00381. The Labute approximate surface area is 170 Å². The van der Waals surface area contributed by atoms with Gasteiger partial charge in [-0.3, -0.25) is 0 Å². The van der Waals surface area contributed by atoms with Crippen molar-refractivity contribution in [2.24, 2.45) is 0 Å². The summed E-state index contributed by atoms with van der Waals surface area (Å²) in [7, 11) is -2.13. The molecule has 1 heterocycles. The molecule has 0 unspecified atom stereocenters. The molecule has 5 nitrogen and oxygen atoms in total. The lowest BCUT2D eigenvalue weighted by molar-refractivity contribution is -0.216. The van der Waals surface area contributed by atoms with Crippen LogP contribution in [0.25, 0.3) is 0 Å². The number of hydrogen-bond acceptors (Lipinski definition) is 5. The molecule has 7 heteroatoms. The van der Waals surface area contributed by atoms with Crippen molar-refractivity contribution >= 4 is 36.9 Å². The summed E-state index contributed by atoms with van der Waals surface area (Å²) in [5.41, 5.74) is 0.488. The minimum atomic E-state index is -2.13. The van der Waals surface area contributed by atoms with E-state index in [1.807, 2.05) is 6.07 Å². The predicted octanol–water partition coefficient (Wildman–Crippen LogP) is 4.14. The fourth-order valence-corrected chi connectivity index (χ4v) is 4.88. The van der Waals surface area contributed by atoms with Gasteiger partial charge in [-0.1, -0.05) is 61.6 Å². The van der Waals surface area contributed by atoms with E-state index in [2.05, 4.69) is 56.5 Å². The van der Waals surface area contributed by atoms with Crippen molar-refractivity contribution in [3.8, 4) is 0 Å². The average molecular weight is 492 g/mol. The molecule has 1 aromatic carbocycles. The van der Waals surface area contributed by atoms with Crippen molar-refractivity contribution in [3.05, 3.63) is 35.9 Å². The number of aliphatic hydroxyl groups excluding tert-OH is 1. The Morgan fingerprint density at radius 3 is 2.31 bits per heavy atom. The first kappa shape index (κ1) is 21.8. The Kier molecular flexibility index (Phi) is 6.93. The molecule has 26 heavy (non-hydrogen) atoms. The third-order valence-electron chi connectivity index (χ3n) is 5.22. The zero-order valence-corrected chi connectivity index (χ0v) is 19.4. The monoisotopic (exact) mass is 492 g/mol. The van der Waals surface area contributed by atoms with Crippen LogP contribution in [-0.4, -0.2) is 47.9 Å². The summed E-state index contributed by atoms with van der Waals surface area (Å²) in [5.74, 6) is -0.408. The molecule has 146 valence electrons. The molecule has 0 amide bonds. The highest BCUT2D eigenvalue weighted by Gasteiger charge is 2.50. The number of carbonyl (C=O) groups excluding carboxylic acids is 1. The van der Waals surface area contributed by atoms with Gasteiger partial charge in [-0.2, -0.15) is 0 Å². The fourth-order valence-electron chi connectivity index (χ4n) is 2.56. The van der Waals surface area contributed by atoms with Gasteiger partial charge in [0.15, 0.2) is 20.7 Å². The van der Waals surface area contributed by atoms with E-state index >= 15 is 0 Å². The third kappa shape index (κ3) is 4.86. The second kappa shape index (κ2) is 8.26. The number of benzene rings is 1. The molecular formula is C19H29IO5Si. The summed E-state index contributed by atoms with van der Waals surface area (Å²) in [6.45, 7) is 12.6. The van der Waals surface area contributed by atoms with Crippen molar-refractivity contribution in [3.63, 3.8) is 0 Å². The number of halogens is 1. The maximum atomic E-state index is 12.6. The molecule has 0 spiro atoms. The largest absolute Gasteiger partial charge is 0.453 e. The lowest BCUT2D eigenvalue weighted by atomic mass is 10.0. The van der Waals surface area contributed by atoms with Crippen LogP contribution in [0.5, 0.6) is 0 Å². The van der Waals surface area contributed by atoms with E-state index in [1.165, 1.54) is 0 Å². The van der Waals surface area contributed by atoms with Gasteiger partial charge in [-0.15, -0.1) is 0 Å². The van der Waals surface area contributed by atoms with E-state index in [0.717, 1.165) is 0 Å². The number of carbonyl (C=O) groups is 1. The highest BCUT2D eigenvalue weighted by molar-refractivity contribution is 14.1. The van der Waals surface area contributed by atoms with Crippen LogP contribution in [0.3, 0.4) is 0 Å². The van der Waals surface area contributed by atoms with Crippen LogP contribution < -0.4 is 0 Å². The molecule has 5 atom stereocenters. The lowest BCUT2D eigenvalue weighted by Crippen LogP contribution is -2.60. The van der Waals surface area contributed by atoms with Crippen LogP contribution in [0.4, 0.5) is 0 Å². The van der Waals surface area contributed by atoms with Crippen LogP contribution in [0.1, 0.15) is 38.1 Å². The van der Waals surface area contributed by atoms with Gasteiger partial charge >= 0.3 is 5.97 Å². The molecule has 0 bridgehead atoms. The molecular weight excluding hydrogens is 463 g/mol. The Hall–Kier alpha value is -0.483. The standard InChI is InChI=1S/C19H29IO5Si/c1-12-15(24-17(21)13-10-8-7-9-11-13)16(14(20)18(22)23-12)25-26(5,6)19(2,3)4/h7-12,14-16,18,22H,1-6H3/t12-,14+,15-,16-,18+/m1/s1. The Morgan fingerprint density at radius 2 is 1.77 bits per heavy atom. The quantitative estimate of drug-likeness (QED) is 0.296. The molecule has 0 aliphatic carbocycles. The average Bonchev–Trinajstić information content (AvgIpc) is 2.55. The van der Waals surface area contributed by atoms with Gasteiger partial charge in [-0.25, -0.2) is 4.79 Å². The first-order chi connectivity index (χ1) is 11.9. The highest BCUT2D eigenvalue weighted by atomic mass is 127. The first-order valence-corrected chi connectivity index (χ1v) is 13.0. The van der Waals surface area contributed by atoms with E-state index in [0.29, 0.717) is 5.56 Å². The normalized spacial score (nSPS) is 30.1. The van der Waals surface area contributed by atoms with E-state index in [4.69, 9.17) is 13.9 Å². The van der Waals surface area contributed by atoms with E-state index in [-0.39, 0.29) is 8.96 Å². The van der Waals surface area contributed by atoms with Crippen molar-refractivity contribution in [2.75, 3.05) is 0 Å². The van der Waals surface area contributed by atoms with Gasteiger partial charge in [0.1, 0.15) is 6.10 Å². The summed E-state index contributed by atoms with van der Waals surface area (Å²) in [6.07, 6.45) is -2.42. The number of ether oxygens (including phenoxy) is 2. The van der Waals surface area contributed by atoms with E-state index in [9.17, 15) is 9.90 Å². The number of hydrogen-bond donors (Lipinski definition) is 1. The van der Waals surface area contributed by atoms with Gasteiger partial charge < -0.3 is 19.0 Å². The topological polar surface area (TPSA) is 65.0 Å². The van der Waals surface area contributed by atoms with Crippen molar-refractivity contribution in [1.29, 1.82) is 0 Å². The maximum Gasteiger partial charge on any atom is 0.338 e. The molecule has 0 radical (unpaired) electrons. The van der Waals surface area contributed by atoms with Crippen molar-refractivity contribution in [1.82, 2.24) is 0 Å². The fraction of sp³-hybridized carbons (Fsp3) is 0.632. The first-order valence-electron chi connectivity index (χ1n) is 8.85. The molecule has 1 saturated heterocycles. The van der Waals surface area contributed by atoms with E-state index < -0.39 is 38.9 Å². The zero-order chi connectivity index (χ0) is 19.7. The lowest BCUT2D eigenvalue weighted by Gasteiger charge is -2.47. The van der Waals surface area contributed by atoms with Gasteiger partial charge in [0.05, 0.1) is 15.6 Å². The van der Waals surface area contributed by atoms with Crippen molar-refractivity contribution in [2.45, 2.75) is 74.4 Å². The van der Waals surface area contributed by atoms with Gasteiger partial charge in [0.25, 0.3) is 0 Å². The predicted molar refractivity (Wildman–Crippen MR) is 112 cm³/mol. The molecule has 1 fully saturated rings. The number of aliphatic hydroxyl groups is 1. The van der Waals surface area contributed by atoms with Gasteiger partial charge in [0, 0.05) is 0 Å². The molecule has 1 N–H and O–H groups in total. The smallest absolute Gasteiger partial charge is 0.338 e. The van der Waals surface area contributed by atoms with E-state index in [1.54, 1.807) is 31.2 Å². The number of alkyl halides is 1. The molecule has 1 aromatic rings. The molecule has 0 saturated carbocycles. The summed E-state index contributed by atoms with van der Waals surface area (Å²) >= 11 is 2.13. The summed E-state index contributed by atoms with van der Waals surface area (Å²) in [6, 6.07) is 8.88. The molecule has 0 aromatic heterocycles. The molecule has 1 aliphatic heterocycles. The number of rotatable bonds is 4. The summed E-state index contributed by atoms with van der Waals surface area (Å²) in [5, 5.41) is 10.3. The SMILES string of the molecule is C[C@H]1O[C@H](O)[C@@H](I)[C@@H](O[Si](C)(C)C(C)(C)C)[C@@H]1OC(=O)c1ccccc1. The van der Waals surface area contributed by atoms with Crippen LogP contribution >= 0.6 is 22.6 Å². The molecule has 1 aliphatic rings. The van der Waals surface area contributed by atoms with Gasteiger partial charge in [0.2, 0.25) is 0 Å². The van der Waals surface area contributed by atoms with Crippen LogP contribution in [0.15, 0.2) is 30.3 Å². The molecule has 2 rings (SSSR count). The van der Waals surface area contributed by atoms with Crippen LogP contribution in [0, 0.1) is 0 Å². The second-order valence-corrected chi connectivity index (χ2v) is 14.4. The van der Waals surface area contributed by atoms with Gasteiger partial charge in [-0.05, 0) is 37.2 Å². The highest BCUT2D eigenvalue weighted by Crippen LogP contribution is 2.41. The Morgan fingerprint density at radius 1 is 1.19 bits per heavy atom. The zero-order valence-electron chi connectivity index (χ0n) is 16.2. The minimum Gasteiger partial charge on any atom is -0.453 e. The number of esters is 1. The maximum absolute atomic E-state index is 12.6. The third-order valence-corrected chi connectivity index (χ3v) is 11.0.